The van der Waals surface area contributed by atoms with Crippen LogP contribution in [-0.2, 0) is 4.79 Å². The quantitative estimate of drug-likeness (QED) is 0.182. The SMILES string of the molecule is N=C(N)N1CCC(CCC(=O)Oc2ccccc2C(=O)C=Cc2ccccc2)CC1. The predicted octanol–water partition coefficient (Wildman–Crippen LogP) is 3.87. The highest BCUT2D eigenvalue weighted by Gasteiger charge is 2.21. The molecule has 0 bridgehead atoms. The van der Waals surface area contributed by atoms with Crippen molar-refractivity contribution < 1.29 is 14.3 Å². The molecular weight excluding hydrogens is 378 g/mol. The molecule has 1 aliphatic rings. The van der Waals surface area contributed by atoms with Crippen molar-refractivity contribution in [2.75, 3.05) is 13.1 Å². The number of likely N-dealkylation sites (tertiary alicyclic amines) is 1. The van der Waals surface area contributed by atoms with E-state index in [0.717, 1.165) is 37.9 Å². The van der Waals surface area contributed by atoms with Crippen LogP contribution in [0.1, 0.15) is 41.6 Å². The lowest BCUT2D eigenvalue weighted by Gasteiger charge is -2.31. The molecule has 0 spiro atoms. The van der Waals surface area contributed by atoms with E-state index in [-0.39, 0.29) is 23.5 Å². The van der Waals surface area contributed by atoms with E-state index in [1.54, 1.807) is 30.3 Å². The summed E-state index contributed by atoms with van der Waals surface area (Å²) in [5.41, 5.74) is 6.81. The van der Waals surface area contributed by atoms with Crippen LogP contribution in [0, 0.1) is 11.3 Å². The van der Waals surface area contributed by atoms with Crippen LogP contribution in [0.15, 0.2) is 60.7 Å². The van der Waals surface area contributed by atoms with Crippen LogP contribution in [-0.4, -0.2) is 35.7 Å². The van der Waals surface area contributed by atoms with Gasteiger partial charge in [-0.1, -0.05) is 48.5 Å². The maximum absolute atomic E-state index is 12.6. The number of guanidine groups is 1. The molecule has 156 valence electrons. The number of carbonyl (C=O) groups is 2. The normalized spacial score (nSPS) is 14.6. The predicted molar refractivity (Wildman–Crippen MR) is 117 cm³/mol. The lowest BCUT2D eigenvalue weighted by molar-refractivity contribution is -0.134. The number of esters is 1. The van der Waals surface area contributed by atoms with Crippen molar-refractivity contribution in [1.82, 2.24) is 4.90 Å². The molecule has 0 aliphatic carbocycles. The van der Waals surface area contributed by atoms with Gasteiger partial charge in [0.15, 0.2) is 11.7 Å². The minimum Gasteiger partial charge on any atom is -0.426 e. The van der Waals surface area contributed by atoms with Gasteiger partial charge < -0.3 is 15.4 Å². The van der Waals surface area contributed by atoms with Gasteiger partial charge in [-0.05, 0) is 49.0 Å². The average molecular weight is 405 g/mol. The Morgan fingerprint density at radius 1 is 1.07 bits per heavy atom. The number of allylic oxidation sites excluding steroid dienone is 1. The largest absolute Gasteiger partial charge is 0.426 e. The standard InChI is InChI=1S/C24H27N3O3/c25-24(26)27-16-14-19(15-17-27)11-13-23(29)30-22-9-5-4-8-20(22)21(28)12-10-18-6-2-1-3-7-18/h1-10,12,19H,11,13-17H2,(H3,25,26). The Kier molecular flexibility index (Phi) is 7.38. The molecule has 6 nitrogen and oxygen atoms in total. The third kappa shape index (κ3) is 6.04. The fourth-order valence-corrected chi connectivity index (χ4v) is 3.54. The first kappa shape index (κ1) is 21.3. The molecule has 0 amide bonds. The highest BCUT2D eigenvalue weighted by atomic mass is 16.5. The van der Waals surface area contributed by atoms with Gasteiger partial charge in [-0.25, -0.2) is 0 Å². The zero-order valence-electron chi connectivity index (χ0n) is 16.9. The average Bonchev–Trinajstić information content (AvgIpc) is 2.77. The minimum atomic E-state index is -0.337. The zero-order chi connectivity index (χ0) is 21.3. The number of ketones is 1. The van der Waals surface area contributed by atoms with Crippen LogP contribution in [0.5, 0.6) is 5.75 Å². The summed E-state index contributed by atoms with van der Waals surface area (Å²) in [6.07, 6.45) is 6.08. The van der Waals surface area contributed by atoms with Crippen molar-refractivity contribution in [2.45, 2.75) is 25.7 Å². The van der Waals surface area contributed by atoms with Crippen molar-refractivity contribution in [1.29, 1.82) is 5.41 Å². The Morgan fingerprint density at radius 3 is 2.43 bits per heavy atom. The van der Waals surface area contributed by atoms with Gasteiger partial charge in [-0.3, -0.25) is 15.0 Å². The molecule has 1 fully saturated rings. The van der Waals surface area contributed by atoms with Crippen LogP contribution >= 0.6 is 0 Å². The molecule has 1 aliphatic heterocycles. The Bertz CT molecular complexity index is 916. The topological polar surface area (TPSA) is 96.5 Å². The van der Waals surface area contributed by atoms with E-state index in [9.17, 15) is 9.59 Å². The Balaban J connectivity index is 1.54. The summed E-state index contributed by atoms with van der Waals surface area (Å²) < 4.78 is 5.51. The van der Waals surface area contributed by atoms with Gasteiger partial charge in [0.05, 0.1) is 5.56 Å². The van der Waals surface area contributed by atoms with Crippen LogP contribution in [0.2, 0.25) is 0 Å². The number of para-hydroxylation sites is 1. The molecule has 2 aromatic carbocycles. The van der Waals surface area contributed by atoms with Gasteiger partial charge >= 0.3 is 5.97 Å². The smallest absolute Gasteiger partial charge is 0.311 e. The zero-order valence-corrected chi connectivity index (χ0v) is 16.9. The van der Waals surface area contributed by atoms with Crippen molar-refractivity contribution in [3.63, 3.8) is 0 Å². The monoisotopic (exact) mass is 405 g/mol. The Morgan fingerprint density at radius 2 is 1.73 bits per heavy atom. The van der Waals surface area contributed by atoms with Gasteiger partial charge in [0, 0.05) is 19.5 Å². The third-order valence-corrected chi connectivity index (χ3v) is 5.31. The molecule has 0 saturated carbocycles. The highest BCUT2D eigenvalue weighted by molar-refractivity contribution is 6.08. The van der Waals surface area contributed by atoms with E-state index >= 15 is 0 Å². The molecule has 3 N–H and O–H groups in total. The fraction of sp³-hybridized carbons (Fsp3) is 0.292. The lowest BCUT2D eigenvalue weighted by Crippen LogP contribution is -2.42. The van der Waals surface area contributed by atoms with Gasteiger partial charge in [-0.15, -0.1) is 0 Å². The number of carbonyl (C=O) groups excluding carboxylic acids is 2. The van der Waals surface area contributed by atoms with Crippen molar-refractivity contribution in [3.8, 4) is 5.75 Å². The van der Waals surface area contributed by atoms with Crippen LogP contribution in [0.4, 0.5) is 0 Å². The molecular formula is C24H27N3O3. The number of nitrogens with zero attached hydrogens (tertiary/aromatic N) is 1. The van der Waals surface area contributed by atoms with Gasteiger partial charge in [0.25, 0.3) is 0 Å². The summed E-state index contributed by atoms with van der Waals surface area (Å²) in [7, 11) is 0. The van der Waals surface area contributed by atoms with Gasteiger partial charge in [0.1, 0.15) is 5.75 Å². The minimum absolute atomic E-state index is 0.107. The first-order chi connectivity index (χ1) is 14.5. The summed E-state index contributed by atoms with van der Waals surface area (Å²) >= 11 is 0. The van der Waals surface area contributed by atoms with E-state index in [1.807, 2.05) is 35.2 Å². The molecule has 6 heteroatoms. The van der Waals surface area contributed by atoms with Crippen molar-refractivity contribution in [3.05, 3.63) is 71.8 Å². The highest BCUT2D eigenvalue weighted by Crippen LogP contribution is 2.24. The second kappa shape index (κ2) is 10.4. The molecule has 0 unspecified atom stereocenters. The Labute approximate surface area is 176 Å². The summed E-state index contributed by atoms with van der Waals surface area (Å²) in [6, 6.07) is 16.4. The van der Waals surface area contributed by atoms with E-state index < -0.39 is 0 Å². The lowest BCUT2D eigenvalue weighted by atomic mass is 9.92. The van der Waals surface area contributed by atoms with Gasteiger partial charge in [0.2, 0.25) is 0 Å². The van der Waals surface area contributed by atoms with Crippen molar-refractivity contribution in [2.24, 2.45) is 11.7 Å². The maximum Gasteiger partial charge on any atom is 0.311 e. The van der Waals surface area contributed by atoms with Crippen LogP contribution in [0.25, 0.3) is 6.08 Å². The number of hydrogen-bond acceptors (Lipinski definition) is 4. The molecule has 0 radical (unpaired) electrons. The summed E-state index contributed by atoms with van der Waals surface area (Å²) in [5.74, 6) is 0.265. The second-order valence-corrected chi connectivity index (χ2v) is 7.43. The van der Waals surface area contributed by atoms with E-state index in [2.05, 4.69) is 0 Å². The summed E-state index contributed by atoms with van der Waals surface area (Å²) in [6.45, 7) is 1.50. The van der Waals surface area contributed by atoms with Crippen LogP contribution < -0.4 is 10.5 Å². The third-order valence-electron chi connectivity index (χ3n) is 5.31. The molecule has 2 aromatic rings. The fourth-order valence-electron chi connectivity index (χ4n) is 3.54. The van der Waals surface area contributed by atoms with Crippen LogP contribution in [0.3, 0.4) is 0 Å². The van der Waals surface area contributed by atoms with Gasteiger partial charge in [-0.2, -0.15) is 0 Å². The second-order valence-electron chi connectivity index (χ2n) is 7.43. The molecule has 3 rings (SSSR count). The molecule has 30 heavy (non-hydrogen) atoms. The number of nitrogens with two attached hydrogens (primary N) is 1. The number of piperidine rings is 1. The number of rotatable bonds is 7. The molecule has 1 heterocycles. The first-order valence-electron chi connectivity index (χ1n) is 10.2. The number of nitrogens with one attached hydrogen (secondary N) is 1. The molecule has 0 aromatic heterocycles. The number of ether oxygens (including phenoxy) is 1. The number of hydrogen-bond donors (Lipinski definition) is 2. The van der Waals surface area contributed by atoms with E-state index in [4.69, 9.17) is 15.9 Å². The number of benzene rings is 2. The molecule has 0 atom stereocenters. The Hall–Kier alpha value is -3.41. The van der Waals surface area contributed by atoms with E-state index in [0.29, 0.717) is 17.9 Å². The summed E-state index contributed by atoms with van der Waals surface area (Å²) in [5, 5.41) is 7.48. The summed E-state index contributed by atoms with van der Waals surface area (Å²) in [4.78, 5) is 26.8. The maximum atomic E-state index is 12.6. The first-order valence-corrected chi connectivity index (χ1v) is 10.2. The van der Waals surface area contributed by atoms with Crippen molar-refractivity contribution >= 4 is 23.8 Å². The van der Waals surface area contributed by atoms with E-state index in [1.165, 1.54) is 6.08 Å². The molecule has 1 saturated heterocycles.